The van der Waals surface area contributed by atoms with Crippen molar-refractivity contribution in [1.29, 1.82) is 0 Å². The summed E-state index contributed by atoms with van der Waals surface area (Å²) in [6.45, 7) is 3.24. The SMILES string of the molecule is CCCCCCNc1ccc(Cl)nc1. The van der Waals surface area contributed by atoms with E-state index in [2.05, 4.69) is 17.2 Å². The maximum absolute atomic E-state index is 5.68. The highest BCUT2D eigenvalue weighted by Gasteiger charge is 1.92. The zero-order valence-electron chi connectivity index (χ0n) is 8.59. The lowest BCUT2D eigenvalue weighted by molar-refractivity contribution is 0.685. The summed E-state index contributed by atoms with van der Waals surface area (Å²) in [4.78, 5) is 4.00. The van der Waals surface area contributed by atoms with Crippen LogP contribution in [0.1, 0.15) is 32.6 Å². The van der Waals surface area contributed by atoms with Crippen molar-refractivity contribution in [2.75, 3.05) is 11.9 Å². The van der Waals surface area contributed by atoms with Crippen molar-refractivity contribution in [3.05, 3.63) is 23.5 Å². The molecule has 0 saturated carbocycles. The molecule has 1 aromatic rings. The fourth-order valence-corrected chi connectivity index (χ4v) is 1.38. The molecule has 0 aliphatic heterocycles. The van der Waals surface area contributed by atoms with E-state index < -0.39 is 0 Å². The first-order chi connectivity index (χ1) is 6.83. The minimum Gasteiger partial charge on any atom is -0.384 e. The van der Waals surface area contributed by atoms with E-state index in [1.807, 2.05) is 6.07 Å². The van der Waals surface area contributed by atoms with E-state index in [1.54, 1.807) is 12.3 Å². The van der Waals surface area contributed by atoms with Gasteiger partial charge in [-0.1, -0.05) is 37.8 Å². The molecule has 0 radical (unpaired) electrons. The second-order valence-corrected chi connectivity index (χ2v) is 3.74. The van der Waals surface area contributed by atoms with Crippen LogP contribution in [0.3, 0.4) is 0 Å². The molecule has 78 valence electrons. The average Bonchev–Trinajstić information content (AvgIpc) is 2.21. The van der Waals surface area contributed by atoms with Gasteiger partial charge < -0.3 is 5.32 Å². The molecule has 3 heteroatoms. The summed E-state index contributed by atoms with van der Waals surface area (Å²) in [7, 11) is 0. The Bertz CT molecular complexity index is 246. The lowest BCUT2D eigenvalue weighted by Gasteiger charge is -2.04. The molecule has 0 aliphatic carbocycles. The number of nitrogens with zero attached hydrogens (tertiary/aromatic N) is 1. The first-order valence-corrected chi connectivity index (χ1v) is 5.56. The van der Waals surface area contributed by atoms with Gasteiger partial charge in [0.1, 0.15) is 5.15 Å². The number of unbranched alkanes of at least 4 members (excludes halogenated alkanes) is 3. The van der Waals surface area contributed by atoms with E-state index in [-0.39, 0.29) is 0 Å². The van der Waals surface area contributed by atoms with Crippen LogP contribution < -0.4 is 5.32 Å². The van der Waals surface area contributed by atoms with Gasteiger partial charge in [0.2, 0.25) is 0 Å². The lowest BCUT2D eigenvalue weighted by Crippen LogP contribution is -2.01. The third kappa shape index (κ3) is 4.47. The van der Waals surface area contributed by atoms with E-state index in [0.29, 0.717) is 5.15 Å². The van der Waals surface area contributed by atoms with Crippen LogP contribution in [-0.2, 0) is 0 Å². The van der Waals surface area contributed by atoms with E-state index >= 15 is 0 Å². The van der Waals surface area contributed by atoms with Crippen LogP contribution in [0.4, 0.5) is 5.69 Å². The molecule has 1 N–H and O–H groups in total. The number of anilines is 1. The number of aromatic nitrogens is 1. The van der Waals surface area contributed by atoms with Crippen molar-refractivity contribution >= 4 is 17.3 Å². The molecule has 0 atom stereocenters. The standard InChI is InChI=1S/C11H17ClN2/c1-2-3-4-5-8-13-10-6-7-11(12)14-9-10/h6-7,9,13H,2-5,8H2,1H3. The van der Waals surface area contributed by atoms with Crippen molar-refractivity contribution in [3.8, 4) is 0 Å². The van der Waals surface area contributed by atoms with E-state index in [0.717, 1.165) is 12.2 Å². The Morgan fingerprint density at radius 2 is 2.14 bits per heavy atom. The molecule has 0 spiro atoms. The summed E-state index contributed by atoms with van der Waals surface area (Å²) in [5.41, 5.74) is 1.05. The van der Waals surface area contributed by atoms with Crippen LogP contribution in [0.5, 0.6) is 0 Å². The first kappa shape index (κ1) is 11.3. The monoisotopic (exact) mass is 212 g/mol. The smallest absolute Gasteiger partial charge is 0.129 e. The molecule has 1 rings (SSSR count). The Morgan fingerprint density at radius 1 is 1.29 bits per heavy atom. The molecule has 0 amide bonds. The second-order valence-electron chi connectivity index (χ2n) is 3.36. The summed E-state index contributed by atoms with van der Waals surface area (Å²) in [5, 5.41) is 3.85. The van der Waals surface area contributed by atoms with E-state index in [4.69, 9.17) is 11.6 Å². The van der Waals surface area contributed by atoms with Gasteiger partial charge in [0.05, 0.1) is 11.9 Å². The molecular formula is C11H17ClN2. The van der Waals surface area contributed by atoms with Gasteiger partial charge in [-0.25, -0.2) is 4.98 Å². The number of hydrogen-bond acceptors (Lipinski definition) is 2. The Morgan fingerprint density at radius 3 is 2.79 bits per heavy atom. The topological polar surface area (TPSA) is 24.9 Å². The van der Waals surface area contributed by atoms with Gasteiger partial charge in [0.15, 0.2) is 0 Å². The number of rotatable bonds is 6. The first-order valence-electron chi connectivity index (χ1n) is 5.18. The molecule has 0 aliphatic rings. The summed E-state index contributed by atoms with van der Waals surface area (Å²) in [6, 6.07) is 3.76. The Labute approximate surface area is 90.7 Å². The quantitative estimate of drug-likeness (QED) is 0.574. The van der Waals surface area contributed by atoms with Gasteiger partial charge in [-0.2, -0.15) is 0 Å². The van der Waals surface area contributed by atoms with Crippen LogP contribution >= 0.6 is 11.6 Å². The molecule has 0 aromatic carbocycles. The molecule has 2 nitrogen and oxygen atoms in total. The molecule has 14 heavy (non-hydrogen) atoms. The van der Waals surface area contributed by atoms with Crippen molar-refractivity contribution < 1.29 is 0 Å². The third-order valence-corrected chi connectivity index (χ3v) is 2.31. The normalized spacial score (nSPS) is 10.1. The summed E-state index contributed by atoms with van der Waals surface area (Å²) in [6.07, 6.45) is 6.88. The Kier molecular flexibility index (Phi) is 5.38. The highest BCUT2D eigenvalue weighted by atomic mass is 35.5. The van der Waals surface area contributed by atoms with Crippen LogP contribution in [0, 0.1) is 0 Å². The van der Waals surface area contributed by atoms with Crippen molar-refractivity contribution in [2.24, 2.45) is 0 Å². The molecule has 0 unspecified atom stereocenters. The van der Waals surface area contributed by atoms with Gasteiger partial charge in [0.25, 0.3) is 0 Å². The highest BCUT2D eigenvalue weighted by molar-refractivity contribution is 6.29. The fourth-order valence-electron chi connectivity index (χ4n) is 1.26. The Hall–Kier alpha value is -0.760. The highest BCUT2D eigenvalue weighted by Crippen LogP contribution is 2.09. The van der Waals surface area contributed by atoms with E-state index in [9.17, 15) is 0 Å². The van der Waals surface area contributed by atoms with Gasteiger partial charge >= 0.3 is 0 Å². The van der Waals surface area contributed by atoms with Gasteiger partial charge in [-0.15, -0.1) is 0 Å². The average molecular weight is 213 g/mol. The predicted octanol–water partition coefficient (Wildman–Crippen LogP) is 3.73. The van der Waals surface area contributed by atoms with Gasteiger partial charge in [-0.3, -0.25) is 0 Å². The number of hydrogen-bond donors (Lipinski definition) is 1. The lowest BCUT2D eigenvalue weighted by atomic mass is 10.2. The molecule has 0 fully saturated rings. The second kappa shape index (κ2) is 6.66. The van der Waals surface area contributed by atoms with E-state index in [1.165, 1.54) is 25.7 Å². The number of halogens is 1. The van der Waals surface area contributed by atoms with Gasteiger partial charge in [0, 0.05) is 6.54 Å². The Balaban J connectivity index is 2.15. The molecule has 0 bridgehead atoms. The summed E-state index contributed by atoms with van der Waals surface area (Å²) in [5.74, 6) is 0. The maximum Gasteiger partial charge on any atom is 0.129 e. The zero-order chi connectivity index (χ0) is 10.2. The minimum absolute atomic E-state index is 0.543. The fraction of sp³-hybridized carbons (Fsp3) is 0.545. The van der Waals surface area contributed by atoms with Crippen molar-refractivity contribution in [3.63, 3.8) is 0 Å². The predicted molar refractivity (Wildman–Crippen MR) is 61.9 cm³/mol. The van der Waals surface area contributed by atoms with Crippen LogP contribution in [0.15, 0.2) is 18.3 Å². The van der Waals surface area contributed by atoms with Crippen molar-refractivity contribution in [2.45, 2.75) is 32.6 Å². The van der Waals surface area contributed by atoms with Crippen LogP contribution in [0.2, 0.25) is 5.15 Å². The summed E-state index contributed by atoms with van der Waals surface area (Å²) >= 11 is 5.68. The van der Waals surface area contributed by atoms with Crippen molar-refractivity contribution in [1.82, 2.24) is 4.98 Å². The third-order valence-electron chi connectivity index (χ3n) is 2.09. The molecule has 0 saturated heterocycles. The van der Waals surface area contributed by atoms with Gasteiger partial charge in [-0.05, 0) is 18.6 Å². The minimum atomic E-state index is 0.543. The van der Waals surface area contributed by atoms with Crippen LogP contribution in [0.25, 0.3) is 0 Å². The maximum atomic E-state index is 5.68. The number of nitrogens with one attached hydrogen (secondary N) is 1. The zero-order valence-corrected chi connectivity index (χ0v) is 9.35. The molecular weight excluding hydrogens is 196 g/mol. The molecule has 1 aromatic heterocycles. The summed E-state index contributed by atoms with van der Waals surface area (Å²) < 4.78 is 0. The van der Waals surface area contributed by atoms with Crippen LogP contribution in [-0.4, -0.2) is 11.5 Å². The number of pyridine rings is 1. The molecule has 1 heterocycles. The largest absolute Gasteiger partial charge is 0.384 e.